The third-order valence-electron chi connectivity index (χ3n) is 2.79. The molecule has 4 heteroatoms. The van der Waals surface area contributed by atoms with Crippen molar-refractivity contribution in [3.8, 4) is 0 Å². The number of hydrogen-bond donors (Lipinski definition) is 1. The lowest BCUT2D eigenvalue weighted by molar-refractivity contribution is -0.122. The van der Waals surface area contributed by atoms with Crippen molar-refractivity contribution < 1.29 is 4.79 Å². The predicted molar refractivity (Wildman–Crippen MR) is 69.8 cm³/mol. The third-order valence-corrected chi connectivity index (χ3v) is 2.79. The highest BCUT2D eigenvalue weighted by Gasteiger charge is 2.10. The van der Waals surface area contributed by atoms with Gasteiger partial charge >= 0.3 is 0 Å². The molecule has 0 spiro atoms. The maximum atomic E-state index is 11.8. The van der Waals surface area contributed by atoms with Crippen LogP contribution in [0.3, 0.4) is 0 Å². The Morgan fingerprint density at radius 1 is 1.33 bits per heavy atom. The first kappa shape index (κ1) is 12.4. The number of rotatable bonds is 5. The van der Waals surface area contributed by atoms with E-state index < -0.39 is 0 Å². The number of carbonyl (C=O) groups excluding carboxylic acids is 1. The Labute approximate surface area is 107 Å². The van der Waals surface area contributed by atoms with Crippen molar-refractivity contribution >= 4 is 5.91 Å². The fourth-order valence-corrected chi connectivity index (χ4v) is 1.77. The van der Waals surface area contributed by atoms with Gasteiger partial charge in [-0.3, -0.25) is 9.48 Å². The lowest BCUT2D eigenvalue weighted by Gasteiger charge is -2.12. The lowest BCUT2D eigenvalue weighted by Crippen LogP contribution is -2.25. The van der Waals surface area contributed by atoms with Gasteiger partial charge in [-0.25, -0.2) is 0 Å². The summed E-state index contributed by atoms with van der Waals surface area (Å²) in [7, 11) is 0. The molecule has 0 aliphatic rings. The van der Waals surface area contributed by atoms with Gasteiger partial charge in [0.1, 0.15) is 0 Å². The van der Waals surface area contributed by atoms with E-state index in [4.69, 9.17) is 0 Å². The first-order chi connectivity index (χ1) is 8.75. The van der Waals surface area contributed by atoms with Crippen LogP contribution in [0.2, 0.25) is 0 Å². The van der Waals surface area contributed by atoms with Gasteiger partial charge in [0.2, 0.25) is 5.91 Å². The van der Waals surface area contributed by atoms with Crippen molar-refractivity contribution in [1.82, 2.24) is 15.1 Å². The summed E-state index contributed by atoms with van der Waals surface area (Å²) in [6.45, 7) is 2.56. The number of hydrogen-bond acceptors (Lipinski definition) is 2. The van der Waals surface area contributed by atoms with Crippen LogP contribution in [0.15, 0.2) is 48.8 Å². The Hall–Kier alpha value is -2.10. The number of carbonyl (C=O) groups is 1. The molecule has 0 aliphatic heterocycles. The van der Waals surface area contributed by atoms with E-state index in [0.29, 0.717) is 13.0 Å². The smallest absolute Gasteiger partial charge is 0.222 e. The van der Waals surface area contributed by atoms with E-state index in [2.05, 4.69) is 10.4 Å². The van der Waals surface area contributed by atoms with Gasteiger partial charge in [0, 0.05) is 25.4 Å². The van der Waals surface area contributed by atoms with E-state index in [-0.39, 0.29) is 11.9 Å². The second kappa shape index (κ2) is 6.00. The summed E-state index contributed by atoms with van der Waals surface area (Å²) in [6.07, 6.45) is 4.03. The van der Waals surface area contributed by atoms with Crippen LogP contribution in [-0.4, -0.2) is 15.7 Å². The minimum absolute atomic E-state index is 0.0434. The van der Waals surface area contributed by atoms with E-state index in [1.54, 1.807) is 10.9 Å². The van der Waals surface area contributed by atoms with Crippen molar-refractivity contribution in [2.75, 3.05) is 0 Å². The predicted octanol–water partition coefficient (Wildman–Crippen LogP) is 2.15. The first-order valence-electron chi connectivity index (χ1n) is 6.05. The Kier molecular flexibility index (Phi) is 4.12. The van der Waals surface area contributed by atoms with Crippen molar-refractivity contribution in [3.63, 3.8) is 0 Å². The van der Waals surface area contributed by atoms with Gasteiger partial charge in [0.15, 0.2) is 0 Å². The zero-order valence-corrected chi connectivity index (χ0v) is 10.4. The van der Waals surface area contributed by atoms with Crippen LogP contribution in [0.5, 0.6) is 0 Å². The van der Waals surface area contributed by atoms with E-state index in [1.807, 2.05) is 49.5 Å². The van der Waals surface area contributed by atoms with Crippen LogP contribution in [0.25, 0.3) is 0 Å². The fourth-order valence-electron chi connectivity index (χ4n) is 1.77. The van der Waals surface area contributed by atoms with Gasteiger partial charge in [-0.1, -0.05) is 30.3 Å². The van der Waals surface area contributed by atoms with E-state index in [9.17, 15) is 4.79 Å². The number of nitrogens with zero attached hydrogens (tertiary/aromatic N) is 2. The summed E-state index contributed by atoms with van der Waals surface area (Å²) in [5.74, 6) is 0.0434. The summed E-state index contributed by atoms with van der Waals surface area (Å²) in [6, 6.07) is 11.8. The van der Waals surface area contributed by atoms with Crippen LogP contribution < -0.4 is 5.32 Å². The molecule has 1 atom stereocenters. The quantitative estimate of drug-likeness (QED) is 0.874. The molecule has 1 amide bonds. The summed E-state index contributed by atoms with van der Waals surface area (Å²) in [5.41, 5.74) is 1.11. The highest BCUT2D eigenvalue weighted by atomic mass is 16.1. The standard InChI is InChI=1S/C14H17N3O/c1-12(17-9-5-8-16-17)10-14(18)15-11-13-6-3-2-4-7-13/h2-9,12H,10-11H2,1H3,(H,15,18)/t12-/m0/s1. The second-order valence-electron chi connectivity index (χ2n) is 4.30. The first-order valence-corrected chi connectivity index (χ1v) is 6.05. The average Bonchev–Trinajstić information content (AvgIpc) is 2.91. The average molecular weight is 243 g/mol. The zero-order valence-electron chi connectivity index (χ0n) is 10.4. The normalized spacial score (nSPS) is 12.1. The number of amides is 1. The molecule has 0 fully saturated rings. The summed E-state index contributed by atoms with van der Waals surface area (Å²) in [4.78, 5) is 11.8. The van der Waals surface area contributed by atoms with Crippen LogP contribution in [-0.2, 0) is 11.3 Å². The Balaban J connectivity index is 1.79. The number of benzene rings is 1. The maximum absolute atomic E-state index is 11.8. The zero-order chi connectivity index (χ0) is 12.8. The summed E-state index contributed by atoms with van der Waals surface area (Å²) in [5, 5.41) is 7.04. The van der Waals surface area contributed by atoms with Gasteiger partial charge in [-0.05, 0) is 18.6 Å². The molecular weight excluding hydrogens is 226 g/mol. The highest BCUT2D eigenvalue weighted by Crippen LogP contribution is 2.08. The molecular formula is C14H17N3O. The summed E-state index contributed by atoms with van der Waals surface area (Å²) >= 11 is 0. The van der Waals surface area contributed by atoms with Gasteiger partial charge < -0.3 is 5.32 Å². The molecule has 4 nitrogen and oxygen atoms in total. The lowest BCUT2D eigenvalue weighted by atomic mass is 10.2. The minimum atomic E-state index is 0.0434. The molecule has 94 valence electrons. The van der Waals surface area contributed by atoms with E-state index >= 15 is 0 Å². The van der Waals surface area contributed by atoms with Crippen molar-refractivity contribution in [2.45, 2.75) is 25.9 Å². The van der Waals surface area contributed by atoms with Gasteiger partial charge in [-0.2, -0.15) is 5.10 Å². The van der Waals surface area contributed by atoms with Crippen molar-refractivity contribution in [1.29, 1.82) is 0 Å². The van der Waals surface area contributed by atoms with Gasteiger partial charge in [0.05, 0.1) is 6.04 Å². The third kappa shape index (κ3) is 3.45. The molecule has 0 saturated carbocycles. The van der Waals surface area contributed by atoms with E-state index in [0.717, 1.165) is 5.56 Å². The van der Waals surface area contributed by atoms with Crippen molar-refractivity contribution in [2.24, 2.45) is 0 Å². The van der Waals surface area contributed by atoms with Crippen LogP contribution in [0, 0.1) is 0 Å². The molecule has 0 saturated heterocycles. The Morgan fingerprint density at radius 2 is 2.11 bits per heavy atom. The molecule has 1 aromatic heterocycles. The largest absolute Gasteiger partial charge is 0.352 e. The highest BCUT2D eigenvalue weighted by molar-refractivity contribution is 5.76. The molecule has 1 aromatic carbocycles. The van der Waals surface area contributed by atoms with Gasteiger partial charge in [0.25, 0.3) is 0 Å². The molecule has 18 heavy (non-hydrogen) atoms. The van der Waals surface area contributed by atoms with Crippen LogP contribution >= 0.6 is 0 Å². The van der Waals surface area contributed by atoms with Crippen molar-refractivity contribution in [3.05, 3.63) is 54.4 Å². The second-order valence-corrected chi connectivity index (χ2v) is 4.30. The Bertz CT molecular complexity index is 479. The topological polar surface area (TPSA) is 46.9 Å². The minimum Gasteiger partial charge on any atom is -0.352 e. The molecule has 2 aromatic rings. The SMILES string of the molecule is C[C@@H](CC(=O)NCc1ccccc1)n1cccn1. The maximum Gasteiger partial charge on any atom is 0.222 e. The summed E-state index contributed by atoms with van der Waals surface area (Å²) < 4.78 is 1.79. The molecule has 0 aliphatic carbocycles. The van der Waals surface area contributed by atoms with Gasteiger partial charge in [-0.15, -0.1) is 0 Å². The monoisotopic (exact) mass is 243 g/mol. The molecule has 1 N–H and O–H groups in total. The molecule has 0 bridgehead atoms. The number of nitrogens with one attached hydrogen (secondary N) is 1. The molecule has 0 radical (unpaired) electrons. The molecule has 2 rings (SSSR count). The molecule has 0 unspecified atom stereocenters. The van der Waals surface area contributed by atoms with Crippen LogP contribution in [0.1, 0.15) is 24.9 Å². The Morgan fingerprint density at radius 3 is 2.78 bits per heavy atom. The number of aromatic nitrogens is 2. The molecule has 1 heterocycles. The van der Waals surface area contributed by atoms with E-state index in [1.165, 1.54) is 0 Å². The fraction of sp³-hybridized carbons (Fsp3) is 0.286. The van der Waals surface area contributed by atoms with Crippen LogP contribution in [0.4, 0.5) is 0 Å².